The Kier molecular flexibility index (Phi) is 3.29. The fourth-order valence-electron chi connectivity index (χ4n) is 2.90. The fourth-order valence-corrected chi connectivity index (χ4v) is 4.00. The summed E-state index contributed by atoms with van der Waals surface area (Å²) in [6.45, 7) is 5.20. The lowest BCUT2D eigenvalue weighted by Gasteiger charge is -2.22. The van der Waals surface area contributed by atoms with Crippen molar-refractivity contribution in [2.24, 2.45) is 5.92 Å². The molecule has 1 N–H and O–H groups in total. The predicted molar refractivity (Wildman–Crippen MR) is 86.2 cm³/mol. The van der Waals surface area contributed by atoms with E-state index in [0.29, 0.717) is 12.3 Å². The zero-order valence-corrected chi connectivity index (χ0v) is 13.7. The zero-order chi connectivity index (χ0) is 15.3. The third kappa shape index (κ3) is 2.45. The molecule has 3 heterocycles. The Morgan fingerprint density at radius 1 is 1.45 bits per heavy atom. The van der Waals surface area contributed by atoms with Crippen LogP contribution in [0.2, 0.25) is 0 Å². The van der Waals surface area contributed by atoms with Gasteiger partial charge in [-0.1, -0.05) is 13.8 Å². The summed E-state index contributed by atoms with van der Waals surface area (Å²) in [6.07, 6.45) is 4.93. The van der Waals surface area contributed by atoms with Gasteiger partial charge in [-0.05, 0) is 24.7 Å². The van der Waals surface area contributed by atoms with E-state index in [2.05, 4.69) is 29.6 Å². The van der Waals surface area contributed by atoms with Crippen molar-refractivity contribution in [1.82, 2.24) is 14.8 Å². The van der Waals surface area contributed by atoms with Crippen molar-refractivity contribution in [1.29, 1.82) is 0 Å². The number of nitrogens with zero attached hydrogens (tertiary/aromatic N) is 3. The number of carbonyl (C=O) groups excluding carboxylic acids is 1. The molecule has 0 spiro atoms. The number of hydrogen-bond donors (Lipinski definition) is 1. The van der Waals surface area contributed by atoms with E-state index in [1.54, 1.807) is 11.3 Å². The number of amides is 1. The summed E-state index contributed by atoms with van der Waals surface area (Å²) in [6, 6.07) is 0. The highest BCUT2D eigenvalue weighted by molar-refractivity contribution is 7.09. The lowest BCUT2D eigenvalue weighted by molar-refractivity contribution is -0.116. The molecule has 4 rings (SSSR count). The van der Waals surface area contributed by atoms with Crippen molar-refractivity contribution in [3.8, 4) is 0 Å². The highest BCUT2D eigenvalue weighted by Gasteiger charge is 2.33. The van der Waals surface area contributed by atoms with E-state index >= 15 is 0 Å². The minimum absolute atomic E-state index is 0.0502. The number of carbonyl (C=O) groups is 1. The molecule has 0 unspecified atom stereocenters. The molecule has 22 heavy (non-hydrogen) atoms. The topological polar surface area (TPSA) is 59.8 Å². The highest BCUT2D eigenvalue weighted by Crippen LogP contribution is 2.40. The monoisotopic (exact) mass is 316 g/mol. The van der Waals surface area contributed by atoms with Crippen molar-refractivity contribution in [2.45, 2.75) is 51.5 Å². The van der Waals surface area contributed by atoms with Gasteiger partial charge in [0, 0.05) is 29.8 Å². The number of thiazole rings is 1. The first kappa shape index (κ1) is 13.9. The van der Waals surface area contributed by atoms with Gasteiger partial charge in [-0.2, -0.15) is 5.10 Å². The van der Waals surface area contributed by atoms with Gasteiger partial charge < -0.3 is 5.32 Å². The van der Waals surface area contributed by atoms with Crippen molar-refractivity contribution in [3.63, 3.8) is 0 Å². The van der Waals surface area contributed by atoms with Crippen LogP contribution in [0.3, 0.4) is 0 Å². The largest absolute Gasteiger partial charge is 0.311 e. The second-order valence-corrected chi connectivity index (χ2v) is 7.53. The Morgan fingerprint density at radius 3 is 2.95 bits per heavy atom. The summed E-state index contributed by atoms with van der Waals surface area (Å²) in [4.78, 5) is 16.9. The molecule has 1 saturated carbocycles. The number of nitrogens with one attached hydrogen (secondary N) is 1. The molecule has 0 saturated heterocycles. The van der Waals surface area contributed by atoms with Gasteiger partial charge in [0.05, 0.1) is 11.9 Å². The van der Waals surface area contributed by atoms with Gasteiger partial charge in [-0.3, -0.25) is 4.79 Å². The molecule has 116 valence electrons. The standard InChI is InChI=1S/C16H20N4OS/c1-9(2)13-8-22-16(18-13)11-5-14(21)19-15-12(11)6-17-20(15)7-10-3-4-10/h6,8-11H,3-5,7H2,1-2H3,(H,19,21)/t11-/m0/s1. The maximum Gasteiger partial charge on any atom is 0.226 e. The molecule has 2 aromatic heterocycles. The Labute approximate surface area is 133 Å². The highest BCUT2D eigenvalue weighted by atomic mass is 32.1. The number of anilines is 1. The molecular weight excluding hydrogens is 296 g/mol. The van der Waals surface area contributed by atoms with Gasteiger partial charge in [0.15, 0.2) is 0 Å². The van der Waals surface area contributed by atoms with Crippen LogP contribution >= 0.6 is 11.3 Å². The second-order valence-electron chi connectivity index (χ2n) is 6.64. The molecule has 1 atom stereocenters. The molecule has 1 amide bonds. The van der Waals surface area contributed by atoms with Gasteiger partial charge in [-0.15, -0.1) is 11.3 Å². The van der Waals surface area contributed by atoms with E-state index in [4.69, 9.17) is 4.98 Å². The van der Waals surface area contributed by atoms with E-state index in [1.165, 1.54) is 12.8 Å². The summed E-state index contributed by atoms with van der Waals surface area (Å²) in [5.41, 5.74) is 2.22. The maximum absolute atomic E-state index is 12.1. The van der Waals surface area contributed by atoms with Crippen LogP contribution in [-0.2, 0) is 11.3 Å². The third-order valence-electron chi connectivity index (χ3n) is 4.45. The van der Waals surface area contributed by atoms with Crippen LogP contribution in [0.15, 0.2) is 11.6 Å². The van der Waals surface area contributed by atoms with Crippen LogP contribution in [0.25, 0.3) is 0 Å². The molecule has 0 bridgehead atoms. The van der Waals surface area contributed by atoms with Crippen molar-refractivity contribution in [3.05, 3.63) is 27.8 Å². The minimum atomic E-state index is 0.0502. The van der Waals surface area contributed by atoms with E-state index in [0.717, 1.165) is 34.5 Å². The predicted octanol–water partition coefficient (Wildman–Crippen LogP) is 3.35. The molecule has 1 fully saturated rings. The Bertz CT molecular complexity index is 714. The summed E-state index contributed by atoms with van der Waals surface area (Å²) in [5, 5.41) is 10.7. The second kappa shape index (κ2) is 5.19. The summed E-state index contributed by atoms with van der Waals surface area (Å²) in [5.74, 6) is 2.15. The molecule has 2 aliphatic rings. The van der Waals surface area contributed by atoms with Gasteiger partial charge in [0.25, 0.3) is 0 Å². The van der Waals surface area contributed by atoms with Crippen LogP contribution in [0.5, 0.6) is 0 Å². The van der Waals surface area contributed by atoms with E-state index in [-0.39, 0.29) is 11.8 Å². The van der Waals surface area contributed by atoms with Crippen LogP contribution in [-0.4, -0.2) is 20.7 Å². The molecule has 5 nitrogen and oxygen atoms in total. The first-order valence-electron chi connectivity index (χ1n) is 7.92. The molecule has 0 aromatic carbocycles. The normalized spacial score (nSPS) is 21.0. The Morgan fingerprint density at radius 2 is 2.27 bits per heavy atom. The maximum atomic E-state index is 12.1. The number of rotatable bonds is 4. The third-order valence-corrected chi connectivity index (χ3v) is 5.42. The summed E-state index contributed by atoms with van der Waals surface area (Å²) < 4.78 is 1.97. The van der Waals surface area contributed by atoms with Gasteiger partial charge in [-0.25, -0.2) is 9.67 Å². The van der Waals surface area contributed by atoms with Crippen LogP contribution in [0.1, 0.15) is 61.2 Å². The molecule has 2 aromatic rings. The number of hydrogen-bond acceptors (Lipinski definition) is 4. The quantitative estimate of drug-likeness (QED) is 0.941. The van der Waals surface area contributed by atoms with Gasteiger partial charge in [0.1, 0.15) is 10.8 Å². The lowest BCUT2D eigenvalue weighted by Crippen LogP contribution is -2.25. The smallest absolute Gasteiger partial charge is 0.226 e. The van der Waals surface area contributed by atoms with E-state index in [9.17, 15) is 4.79 Å². The summed E-state index contributed by atoms with van der Waals surface area (Å²) in [7, 11) is 0. The summed E-state index contributed by atoms with van der Waals surface area (Å²) >= 11 is 1.66. The van der Waals surface area contributed by atoms with E-state index < -0.39 is 0 Å². The zero-order valence-electron chi connectivity index (χ0n) is 12.9. The molecule has 0 radical (unpaired) electrons. The first-order valence-corrected chi connectivity index (χ1v) is 8.80. The minimum Gasteiger partial charge on any atom is -0.311 e. The van der Waals surface area contributed by atoms with Crippen molar-refractivity contribution >= 4 is 23.1 Å². The van der Waals surface area contributed by atoms with Crippen molar-refractivity contribution in [2.75, 3.05) is 5.32 Å². The molecular formula is C16H20N4OS. The van der Waals surface area contributed by atoms with Crippen LogP contribution in [0, 0.1) is 5.92 Å². The molecule has 6 heteroatoms. The Balaban J connectivity index is 1.69. The lowest BCUT2D eigenvalue weighted by atomic mass is 9.95. The SMILES string of the molecule is CC(C)c1csc([C@H]2CC(=O)Nc3c2cnn3CC2CC2)n1. The number of fused-ring (bicyclic) bond motifs is 1. The van der Waals surface area contributed by atoms with Crippen LogP contribution in [0.4, 0.5) is 5.82 Å². The first-order chi connectivity index (χ1) is 10.6. The average Bonchev–Trinajstić information content (AvgIpc) is 2.99. The average molecular weight is 316 g/mol. The van der Waals surface area contributed by atoms with E-state index in [1.807, 2.05) is 10.9 Å². The Hall–Kier alpha value is -1.69. The van der Waals surface area contributed by atoms with Crippen molar-refractivity contribution < 1.29 is 4.79 Å². The molecule has 1 aliphatic heterocycles. The van der Waals surface area contributed by atoms with Crippen LogP contribution < -0.4 is 5.32 Å². The molecule has 1 aliphatic carbocycles. The number of aromatic nitrogens is 3. The van der Waals surface area contributed by atoms with Gasteiger partial charge >= 0.3 is 0 Å². The van der Waals surface area contributed by atoms with Gasteiger partial charge in [0.2, 0.25) is 5.91 Å². The fraction of sp³-hybridized carbons (Fsp3) is 0.562.